The molecule has 34 heavy (non-hydrogen) atoms. The Bertz CT molecular complexity index is 1280. The Morgan fingerprint density at radius 2 is 1.85 bits per heavy atom. The average Bonchev–Trinajstić information content (AvgIpc) is 3.06. The first-order valence-corrected chi connectivity index (χ1v) is 12.6. The minimum absolute atomic E-state index is 0.135. The zero-order valence-electron chi connectivity index (χ0n) is 18.4. The highest BCUT2D eigenvalue weighted by Gasteiger charge is 2.56. The molecule has 1 fully saturated rings. The molecule has 1 heterocycles. The van der Waals surface area contributed by atoms with E-state index in [0.29, 0.717) is 34.1 Å². The van der Waals surface area contributed by atoms with Crippen LogP contribution < -0.4 is 4.74 Å². The zero-order valence-corrected chi connectivity index (χ0v) is 21.6. The number of imide groups is 1. The van der Waals surface area contributed by atoms with Crippen LogP contribution in [0.25, 0.3) is 0 Å². The van der Waals surface area contributed by atoms with Crippen molar-refractivity contribution in [2.24, 2.45) is 17.8 Å². The van der Waals surface area contributed by atoms with E-state index in [1.165, 1.54) is 18.1 Å². The molecule has 4 aliphatic rings. The van der Waals surface area contributed by atoms with Crippen LogP contribution in [0.5, 0.6) is 11.5 Å². The highest BCUT2D eigenvalue weighted by molar-refractivity contribution is 9.12. The number of ketones is 2. The van der Waals surface area contributed by atoms with Crippen LogP contribution in [0.4, 0.5) is 0 Å². The number of likely N-dealkylation sites (tertiary alicyclic amines) is 1. The Labute approximate surface area is 212 Å². The lowest BCUT2D eigenvalue weighted by Crippen LogP contribution is -2.39. The fourth-order valence-electron chi connectivity index (χ4n) is 5.91. The van der Waals surface area contributed by atoms with Crippen molar-refractivity contribution in [3.63, 3.8) is 0 Å². The molecule has 1 aromatic carbocycles. The Morgan fingerprint density at radius 1 is 1.12 bits per heavy atom. The van der Waals surface area contributed by atoms with Gasteiger partial charge in [0.15, 0.2) is 23.1 Å². The second-order valence-corrected chi connectivity index (χ2v) is 10.6. The summed E-state index contributed by atoms with van der Waals surface area (Å²) in [7, 11) is 1.43. The molecular weight excluding hydrogens is 570 g/mol. The molecule has 0 spiro atoms. The fourth-order valence-corrected chi connectivity index (χ4v) is 6.81. The van der Waals surface area contributed by atoms with Gasteiger partial charge in [0.2, 0.25) is 11.8 Å². The third-order valence-corrected chi connectivity index (χ3v) is 8.39. The van der Waals surface area contributed by atoms with Gasteiger partial charge in [-0.25, -0.2) is 0 Å². The molecule has 4 atom stereocenters. The number of carbonyl (C=O) groups excluding carboxylic acids is 4. The van der Waals surface area contributed by atoms with Gasteiger partial charge in [0.25, 0.3) is 0 Å². The van der Waals surface area contributed by atoms with Crippen molar-refractivity contribution in [3.05, 3.63) is 55.5 Å². The van der Waals surface area contributed by atoms with Gasteiger partial charge in [-0.1, -0.05) is 27.6 Å². The number of ether oxygens (including phenoxy) is 1. The number of halogens is 2. The van der Waals surface area contributed by atoms with Crippen LogP contribution in [0.1, 0.15) is 31.2 Å². The van der Waals surface area contributed by atoms with Crippen molar-refractivity contribution in [2.45, 2.75) is 25.7 Å². The van der Waals surface area contributed by atoms with Crippen molar-refractivity contribution in [1.82, 2.24) is 4.90 Å². The van der Waals surface area contributed by atoms with Crippen molar-refractivity contribution in [3.8, 4) is 11.5 Å². The van der Waals surface area contributed by atoms with Crippen LogP contribution in [0.15, 0.2) is 50.0 Å². The summed E-state index contributed by atoms with van der Waals surface area (Å²) in [5, 5.41) is 11.1. The van der Waals surface area contributed by atoms with E-state index in [1.54, 1.807) is 19.1 Å². The summed E-state index contributed by atoms with van der Waals surface area (Å²) in [5.74, 6) is -3.25. The van der Waals surface area contributed by atoms with E-state index in [2.05, 4.69) is 31.9 Å². The summed E-state index contributed by atoms with van der Waals surface area (Å²) in [6, 6.07) is 3.32. The van der Waals surface area contributed by atoms with Gasteiger partial charge in [0.05, 0.1) is 23.4 Å². The number of allylic oxidation sites excluding steroid dienone is 6. The number of carbonyl (C=O) groups is 4. The van der Waals surface area contributed by atoms with Crippen molar-refractivity contribution >= 4 is 55.2 Å². The number of benzene rings is 1. The number of Topliss-reactive ketones (excluding diaryl/α,β-unsaturated/α-hetero) is 1. The molecule has 1 N–H and O–H groups in total. The first-order chi connectivity index (χ1) is 16.2. The quantitative estimate of drug-likeness (QED) is 0.325. The third kappa shape index (κ3) is 3.20. The number of aromatic hydroxyl groups is 1. The number of phenolic OH excluding ortho intramolecular Hbond substituents is 1. The van der Waals surface area contributed by atoms with Crippen molar-refractivity contribution < 1.29 is 29.0 Å². The van der Waals surface area contributed by atoms with Gasteiger partial charge in [-0.2, -0.15) is 0 Å². The molecular formula is C25H21Br2NO6. The molecule has 4 unspecified atom stereocenters. The summed E-state index contributed by atoms with van der Waals surface area (Å²) in [5.41, 5.74) is 1.81. The van der Waals surface area contributed by atoms with Crippen molar-refractivity contribution in [1.29, 1.82) is 0 Å². The summed E-state index contributed by atoms with van der Waals surface area (Å²) < 4.78 is 6.12. The van der Waals surface area contributed by atoms with Gasteiger partial charge in [0.1, 0.15) is 0 Å². The first-order valence-electron chi connectivity index (χ1n) is 11.0. The second-order valence-electron chi connectivity index (χ2n) is 8.86. The molecule has 7 nitrogen and oxygen atoms in total. The maximum Gasteiger partial charge on any atom is 0.233 e. The number of hydrogen-bond acceptors (Lipinski definition) is 6. The lowest BCUT2D eigenvalue weighted by atomic mass is 9.59. The predicted molar refractivity (Wildman–Crippen MR) is 129 cm³/mol. The number of hydrogen-bond donors (Lipinski definition) is 1. The van der Waals surface area contributed by atoms with Crippen LogP contribution in [0.3, 0.4) is 0 Å². The summed E-state index contributed by atoms with van der Waals surface area (Å²) in [6.45, 7) is 2.06. The van der Waals surface area contributed by atoms with E-state index >= 15 is 0 Å². The number of rotatable bonds is 3. The molecule has 5 rings (SSSR count). The minimum atomic E-state index is -0.743. The SMILES string of the molecule is CCN1C(=O)C2CC=C3C(c4cc(Br)cc(OC)c4O)C4=C(CC3C2C1=O)C(=O)C(Br)=CC4=O. The van der Waals surface area contributed by atoms with E-state index in [-0.39, 0.29) is 45.8 Å². The van der Waals surface area contributed by atoms with Gasteiger partial charge in [-0.15, -0.1) is 0 Å². The summed E-state index contributed by atoms with van der Waals surface area (Å²) >= 11 is 6.65. The van der Waals surface area contributed by atoms with Crippen molar-refractivity contribution in [2.75, 3.05) is 13.7 Å². The molecule has 1 aliphatic heterocycles. The number of fused-ring (bicyclic) bond motifs is 3. The zero-order chi connectivity index (χ0) is 24.5. The van der Waals surface area contributed by atoms with E-state index < -0.39 is 23.7 Å². The summed E-state index contributed by atoms with van der Waals surface area (Å²) in [4.78, 5) is 53.9. The van der Waals surface area contributed by atoms with E-state index in [9.17, 15) is 24.3 Å². The maximum absolute atomic E-state index is 13.3. The smallest absolute Gasteiger partial charge is 0.233 e. The molecule has 176 valence electrons. The van der Waals surface area contributed by atoms with Crippen LogP contribution in [0, 0.1) is 17.8 Å². The normalized spacial score (nSPS) is 28.4. The molecule has 0 bridgehead atoms. The van der Waals surface area contributed by atoms with Gasteiger partial charge in [-0.05, 0) is 53.7 Å². The molecule has 0 saturated carbocycles. The van der Waals surface area contributed by atoms with E-state index in [1.807, 2.05) is 6.08 Å². The number of amides is 2. The van der Waals surface area contributed by atoms with Gasteiger partial charge in [0, 0.05) is 39.7 Å². The number of phenols is 1. The molecule has 0 aromatic heterocycles. The molecule has 1 saturated heterocycles. The molecule has 3 aliphatic carbocycles. The standard InChI is InChI=1S/C25H21Br2NO6/c1-3-28-24(32)12-5-4-11-13(20(12)25(28)33)8-15-21(17(29)9-16(27)22(15)30)19(11)14-6-10(26)7-18(34-2)23(14)31/h4,6-7,9,12-13,19-20,31H,3,5,8H2,1-2H3. The van der Waals surface area contributed by atoms with E-state index in [0.717, 1.165) is 5.57 Å². The monoisotopic (exact) mass is 589 g/mol. The van der Waals surface area contributed by atoms with Crippen LogP contribution in [0.2, 0.25) is 0 Å². The van der Waals surface area contributed by atoms with Crippen LogP contribution in [-0.4, -0.2) is 47.0 Å². The fraction of sp³-hybridized carbons (Fsp3) is 0.360. The molecule has 9 heteroatoms. The lowest BCUT2D eigenvalue weighted by molar-refractivity contribution is -0.139. The maximum atomic E-state index is 13.3. The highest BCUT2D eigenvalue weighted by Crippen LogP contribution is 2.57. The molecule has 1 aromatic rings. The minimum Gasteiger partial charge on any atom is -0.504 e. The van der Waals surface area contributed by atoms with Crippen LogP contribution in [-0.2, 0) is 19.2 Å². The highest BCUT2D eigenvalue weighted by atomic mass is 79.9. The Hall–Kier alpha value is -2.52. The third-order valence-electron chi connectivity index (χ3n) is 7.34. The predicted octanol–water partition coefficient (Wildman–Crippen LogP) is 3.95. The Kier molecular flexibility index (Phi) is 5.67. The van der Waals surface area contributed by atoms with Gasteiger partial charge >= 0.3 is 0 Å². The number of methoxy groups -OCH3 is 1. The number of nitrogens with zero attached hydrogens (tertiary/aromatic N) is 1. The Morgan fingerprint density at radius 3 is 2.53 bits per heavy atom. The molecule has 2 amide bonds. The van der Waals surface area contributed by atoms with Gasteiger partial charge in [-0.3, -0.25) is 24.1 Å². The second kappa shape index (κ2) is 8.30. The average molecular weight is 591 g/mol. The van der Waals surface area contributed by atoms with Gasteiger partial charge < -0.3 is 9.84 Å². The lowest BCUT2D eigenvalue weighted by Gasteiger charge is -2.42. The topological polar surface area (TPSA) is 101 Å². The largest absolute Gasteiger partial charge is 0.504 e. The summed E-state index contributed by atoms with van der Waals surface area (Å²) in [6.07, 6.45) is 3.73. The van der Waals surface area contributed by atoms with Crippen LogP contribution >= 0.6 is 31.9 Å². The van der Waals surface area contributed by atoms with E-state index in [4.69, 9.17) is 4.74 Å². The first kappa shape index (κ1) is 23.2. The Balaban J connectivity index is 1.75. The molecule has 0 radical (unpaired) electrons.